The number of nitrogens with one attached hydrogen (secondary N) is 3. The third-order valence-corrected chi connectivity index (χ3v) is 5.85. The molecule has 0 aliphatic carbocycles. The minimum absolute atomic E-state index is 0.0841. The van der Waals surface area contributed by atoms with E-state index in [0.717, 1.165) is 0 Å². The Balaban J connectivity index is 1.90. The molecular weight excluding hydrogens is 318 g/mol. The number of carbonyl (C=O) groups is 1. The molecule has 0 aromatic carbocycles. The maximum absolute atomic E-state index is 12.2. The van der Waals surface area contributed by atoms with E-state index in [1.807, 2.05) is 13.8 Å². The van der Waals surface area contributed by atoms with Crippen molar-refractivity contribution >= 4 is 33.1 Å². The maximum atomic E-state index is 12.2. The van der Waals surface area contributed by atoms with Gasteiger partial charge in [-0.15, -0.1) is 0 Å². The van der Waals surface area contributed by atoms with Gasteiger partial charge in [-0.2, -0.15) is 0 Å². The fourth-order valence-corrected chi connectivity index (χ4v) is 4.56. The summed E-state index contributed by atoms with van der Waals surface area (Å²) in [4.78, 5) is 20.9. The molecule has 2 unspecified atom stereocenters. The van der Waals surface area contributed by atoms with Crippen molar-refractivity contribution in [2.24, 2.45) is 5.92 Å². The number of fused-ring (bicyclic) bond motifs is 1. The van der Waals surface area contributed by atoms with Crippen molar-refractivity contribution in [3.05, 3.63) is 5.82 Å². The van der Waals surface area contributed by atoms with Gasteiger partial charge >= 0.3 is 0 Å². The van der Waals surface area contributed by atoms with Crippen LogP contribution in [0.3, 0.4) is 0 Å². The van der Waals surface area contributed by atoms with Gasteiger partial charge in [-0.05, 0) is 19.3 Å². The zero-order valence-corrected chi connectivity index (χ0v) is 14.2. The molecule has 2 aliphatic heterocycles. The lowest BCUT2D eigenvalue weighted by atomic mass is 10.0. The van der Waals surface area contributed by atoms with Gasteiger partial charge in [-0.25, -0.2) is 18.4 Å². The Hall–Kier alpha value is -1.90. The molecule has 1 amide bonds. The van der Waals surface area contributed by atoms with Crippen molar-refractivity contribution in [1.29, 1.82) is 0 Å². The van der Waals surface area contributed by atoms with E-state index in [9.17, 15) is 13.2 Å². The quantitative estimate of drug-likeness (QED) is 0.745. The number of aryl methyl sites for hydroxylation is 1. The zero-order chi connectivity index (χ0) is 16.8. The van der Waals surface area contributed by atoms with Gasteiger partial charge in [-0.3, -0.25) is 4.79 Å². The van der Waals surface area contributed by atoms with Gasteiger partial charge in [0.15, 0.2) is 21.5 Å². The molecule has 1 aromatic heterocycles. The molecule has 1 aromatic rings. The summed E-state index contributed by atoms with van der Waals surface area (Å²) in [5.41, 5.74) is 0.488. The first-order valence-corrected chi connectivity index (χ1v) is 9.50. The standard InChI is InChI=1S/C14H21N5O3S/c1-7(2)10-14(20)19-11-12(15-8(3)16-13(11)18-10)17-9-4-5-23(21,22)6-9/h7,9-10H,4-6H2,1-3H3,(H,19,20)(H2,15,16,17,18). The van der Waals surface area contributed by atoms with Crippen LogP contribution in [0, 0.1) is 12.8 Å². The third kappa shape index (κ3) is 3.24. The number of hydrogen-bond donors (Lipinski definition) is 3. The van der Waals surface area contributed by atoms with Gasteiger partial charge in [0.05, 0.1) is 11.5 Å². The normalized spacial score (nSPS) is 25.7. The van der Waals surface area contributed by atoms with E-state index in [1.54, 1.807) is 6.92 Å². The number of rotatable bonds is 3. The van der Waals surface area contributed by atoms with E-state index in [1.165, 1.54) is 0 Å². The Labute approximate surface area is 135 Å². The van der Waals surface area contributed by atoms with Gasteiger partial charge in [0.2, 0.25) is 5.91 Å². The molecule has 126 valence electrons. The molecule has 0 bridgehead atoms. The second-order valence-corrected chi connectivity index (χ2v) is 8.67. The van der Waals surface area contributed by atoms with Crippen LogP contribution in [0.15, 0.2) is 0 Å². The average molecular weight is 339 g/mol. The minimum Gasteiger partial charge on any atom is -0.364 e. The van der Waals surface area contributed by atoms with Crippen molar-refractivity contribution in [3.8, 4) is 0 Å². The van der Waals surface area contributed by atoms with Gasteiger partial charge in [-0.1, -0.05) is 13.8 Å². The first-order chi connectivity index (χ1) is 10.7. The van der Waals surface area contributed by atoms with Crippen LogP contribution >= 0.6 is 0 Å². The molecule has 1 saturated heterocycles. The van der Waals surface area contributed by atoms with E-state index in [2.05, 4.69) is 25.9 Å². The van der Waals surface area contributed by atoms with E-state index in [4.69, 9.17) is 0 Å². The molecule has 2 aliphatic rings. The van der Waals surface area contributed by atoms with E-state index >= 15 is 0 Å². The van der Waals surface area contributed by atoms with Crippen LogP contribution in [0.4, 0.5) is 17.3 Å². The summed E-state index contributed by atoms with van der Waals surface area (Å²) >= 11 is 0. The van der Waals surface area contributed by atoms with Crippen LogP contribution in [0.25, 0.3) is 0 Å². The van der Waals surface area contributed by atoms with Gasteiger partial charge in [0, 0.05) is 6.04 Å². The summed E-state index contributed by atoms with van der Waals surface area (Å²) in [6.45, 7) is 5.68. The molecule has 3 heterocycles. The molecule has 3 N–H and O–H groups in total. The van der Waals surface area contributed by atoms with E-state index in [-0.39, 0.29) is 35.4 Å². The summed E-state index contributed by atoms with van der Waals surface area (Å²) in [6, 6.07) is -0.547. The van der Waals surface area contributed by atoms with Crippen LogP contribution in [-0.4, -0.2) is 47.9 Å². The Morgan fingerprint density at radius 3 is 2.65 bits per heavy atom. The lowest BCUT2D eigenvalue weighted by molar-refractivity contribution is -0.117. The monoisotopic (exact) mass is 339 g/mol. The number of sulfone groups is 1. The second-order valence-electron chi connectivity index (χ2n) is 6.44. The number of amides is 1. The van der Waals surface area contributed by atoms with E-state index < -0.39 is 9.84 Å². The minimum atomic E-state index is -2.99. The van der Waals surface area contributed by atoms with Gasteiger partial charge in [0.25, 0.3) is 0 Å². The van der Waals surface area contributed by atoms with Gasteiger partial charge < -0.3 is 16.0 Å². The number of anilines is 3. The molecule has 1 fully saturated rings. The van der Waals surface area contributed by atoms with Crippen LogP contribution in [0.5, 0.6) is 0 Å². The molecule has 9 heteroatoms. The predicted molar refractivity (Wildman–Crippen MR) is 88.3 cm³/mol. The van der Waals surface area contributed by atoms with Crippen LogP contribution in [0.1, 0.15) is 26.1 Å². The molecule has 2 atom stereocenters. The van der Waals surface area contributed by atoms with Crippen LogP contribution in [0.2, 0.25) is 0 Å². The smallest absolute Gasteiger partial charge is 0.247 e. The van der Waals surface area contributed by atoms with Crippen molar-refractivity contribution in [2.45, 2.75) is 39.3 Å². The molecule has 0 spiro atoms. The Kier molecular flexibility index (Phi) is 3.91. The van der Waals surface area contributed by atoms with Gasteiger partial charge in [0.1, 0.15) is 17.6 Å². The highest BCUT2D eigenvalue weighted by atomic mass is 32.2. The summed E-state index contributed by atoms with van der Waals surface area (Å²) in [6.07, 6.45) is 0.538. The Morgan fingerprint density at radius 1 is 1.30 bits per heavy atom. The fourth-order valence-electron chi connectivity index (χ4n) is 2.89. The third-order valence-electron chi connectivity index (χ3n) is 4.08. The van der Waals surface area contributed by atoms with Crippen LogP contribution in [-0.2, 0) is 14.6 Å². The maximum Gasteiger partial charge on any atom is 0.247 e. The number of nitrogens with zero attached hydrogens (tertiary/aromatic N) is 2. The predicted octanol–water partition coefficient (Wildman–Crippen LogP) is 0.773. The molecule has 0 radical (unpaired) electrons. The lowest BCUT2D eigenvalue weighted by Crippen LogP contribution is -2.43. The molecule has 3 rings (SSSR count). The SMILES string of the molecule is Cc1nc(NC2CCS(=O)(=O)C2)c2c(n1)NC(C(C)C)C(=O)N2. The molecule has 8 nitrogen and oxygen atoms in total. The summed E-state index contributed by atoms with van der Waals surface area (Å²) in [5.74, 6) is 1.84. The molecule has 23 heavy (non-hydrogen) atoms. The summed E-state index contributed by atoms with van der Waals surface area (Å²) < 4.78 is 23.2. The van der Waals surface area contributed by atoms with Crippen molar-refractivity contribution < 1.29 is 13.2 Å². The molecular formula is C14H21N5O3S. The first-order valence-electron chi connectivity index (χ1n) is 7.68. The molecule has 0 saturated carbocycles. The highest BCUT2D eigenvalue weighted by molar-refractivity contribution is 7.91. The summed E-state index contributed by atoms with van der Waals surface area (Å²) in [7, 11) is -2.99. The first kappa shape index (κ1) is 16.0. The average Bonchev–Trinajstić information content (AvgIpc) is 2.78. The summed E-state index contributed by atoms with van der Waals surface area (Å²) in [5, 5.41) is 9.14. The number of carbonyl (C=O) groups excluding carboxylic acids is 1. The van der Waals surface area contributed by atoms with E-state index in [0.29, 0.717) is 29.6 Å². The number of hydrogen-bond acceptors (Lipinski definition) is 7. The largest absolute Gasteiger partial charge is 0.364 e. The topological polar surface area (TPSA) is 113 Å². The zero-order valence-electron chi connectivity index (χ0n) is 13.4. The highest BCUT2D eigenvalue weighted by Crippen LogP contribution is 2.33. The Morgan fingerprint density at radius 2 is 2.04 bits per heavy atom. The van der Waals surface area contributed by atoms with Crippen molar-refractivity contribution in [2.75, 3.05) is 27.5 Å². The highest BCUT2D eigenvalue weighted by Gasteiger charge is 2.33. The van der Waals surface area contributed by atoms with Crippen molar-refractivity contribution in [1.82, 2.24) is 9.97 Å². The van der Waals surface area contributed by atoms with Crippen LogP contribution < -0.4 is 16.0 Å². The lowest BCUT2D eigenvalue weighted by Gasteiger charge is -2.30. The van der Waals surface area contributed by atoms with Crippen molar-refractivity contribution in [3.63, 3.8) is 0 Å². The fraction of sp³-hybridized carbons (Fsp3) is 0.643. The second kappa shape index (κ2) is 5.63. The number of aromatic nitrogens is 2. The Bertz CT molecular complexity index is 747.